The Morgan fingerprint density at radius 3 is 2.60 bits per heavy atom. The molecule has 208 valence electrons. The lowest BCUT2D eigenvalue weighted by atomic mass is 10.2. The van der Waals surface area contributed by atoms with Gasteiger partial charge in [0.2, 0.25) is 5.88 Å². The molecule has 1 amide bonds. The summed E-state index contributed by atoms with van der Waals surface area (Å²) in [4.78, 5) is 36.3. The van der Waals surface area contributed by atoms with Crippen LogP contribution in [0.5, 0.6) is 11.6 Å². The number of fused-ring (bicyclic) bond motifs is 1. The molecule has 4 aromatic rings. The van der Waals surface area contributed by atoms with Crippen LogP contribution in [0.15, 0.2) is 42.9 Å². The van der Waals surface area contributed by atoms with E-state index in [0.717, 1.165) is 37.6 Å². The molecule has 0 bridgehead atoms. The summed E-state index contributed by atoms with van der Waals surface area (Å²) in [5.41, 5.74) is 2.61. The molecule has 2 N–H and O–H groups in total. The smallest absolute Gasteiger partial charge is 0.263 e. The van der Waals surface area contributed by atoms with E-state index in [2.05, 4.69) is 42.1 Å². The fraction of sp³-hybridized carbons (Fsp3) is 0.357. The normalized spacial score (nSPS) is 16.4. The van der Waals surface area contributed by atoms with Crippen molar-refractivity contribution in [3.63, 3.8) is 0 Å². The van der Waals surface area contributed by atoms with Gasteiger partial charge >= 0.3 is 0 Å². The molecule has 0 unspecified atom stereocenters. The molecule has 2 aliphatic heterocycles. The summed E-state index contributed by atoms with van der Waals surface area (Å²) in [6, 6.07) is 8.80. The summed E-state index contributed by atoms with van der Waals surface area (Å²) >= 11 is 0. The average Bonchev–Trinajstić information content (AvgIpc) is 3.37. The SMILES string of the molecule is Cc1cc2c(F)c(Oc3ncnc(Nc4ccc(N5CCN(C)CC5)cn4)c3C(=O)N3CCOCC3)ccc2[nH]1. The summed E-state index contributed by atoms with van der Waals surface area (Å²) in [5, 5.41) is 3.55. The number of hydrogen-bond acceptors (Lipinski definition) is 9. The summed E-state index contributed by atoms with van der Waals surface area (Å²) in [7, 11) is 2.12. The largest absolute Gasteiger partial charge is 0.435 e. The van der Waals surface area contributed by atoms with Gasteiger partial charge in [0.15, 0.2) is 17.4 Å². The van der Waals surface area contributed by atoms with Gasteiger partial charge in [0.05, 0.1) is 25.1 Å². The maximum Gasteiger partial charge on any atom is 0.263 e. The monoisotopic (exact) mass is 546 g/mol. The van der Waals surface area contributed by atoms with Crippen molar-refractivity contribution < 1.29 is 18.7 Å². The van der Waals surface area contributed by atoms with Gasteiger partial charge in [0, 0.05) is 55.9 Å². The number of anilines is 3. The third-order valence-electron chi connectivity index (χ3n) is 7.23. The predicted molar refractivity (Wildman–Crippen MR) is 149 cm³/mol. The zero-order valence-corrected chi connectivity index (χ0v) is 22.5. The molecular formula is C28H31FN8O3. The Hall–Kier alpha value is -4.29. The highest BCUT2D eigenvalue weighted by molar-refractivity contribution is 6.01. The van der Waals surface area contributed by atoms with Gasteiger partial charge in [0.1, 0.15) is 17.7 Å². The number of nitrogens with zero attached hydrogens (tertiary/aromatic N) is 6. The van der Waals surface area contributed by atoms with E-state index in [-0.39, 0.29) is 28.9 Å². The predicted octanol–water partition coefficient (Wildman–Crippen LogP) is 3.56. The van der Waals surface area contributed by atoms with Crippen LogP contribution >= 0.6 is 0 Å². The van der Waals surface area contributed by atoms with Gasteiger partial charge in [0.25, 0.3) is 5.91 Å². The van der Waals surface area contributed by atoms with E-state index in [0.29, 0.717) is 43.0 Å². The lowest BCUT2D eigenvalue weighted by Crippen LogP contribution is -2.44. The van der Waals surface area contributed by atoms with E-state index in [1.807, 2.05) is 19.1 Å². The summed E-state index contributed by atoms with van der Waals surface area (Å²) < 4.78 is 26.8. The molecule has 2 fully saturated rings. The lowest BCUT2D eigenvalue weighted by Gasteiger charge is -2.33. The highest BCUT2D eigenvalue weighted by atomic mass is 19.1. The number of halogens is 1. The van der Waals surface area contributed by atoms with Crippen LogP contribution < -0.4 is 15.0 Å². The first-order valence-electron chi connectivity index (χ1n) is 13.3. The summed E-state index contributed by atoms with van der Waals surface area (Å²) in [6.07, 6.45) is 3.09. The van der Waals surface area contributed by atoms with Crippen molar-refractivity contribution in [2.45, 2.75) is 6.92 Å². The van der Waals surface area contributed by atoms with E-state index < -0.39 is 5.82 Å². The van der Waals surface area contributed by atoms with Gasteiger partial charge in [-0.2, -0.15) is 0 Å². The number of carbonyl (C=O) groups is 1. The first-order valence-corrected chi connectivity index (χ1v) is 13.3. The van der Waals surface area contributed by atoms with Crippen LogP contribution in [0.2, 0.25) is 0 Å². The Morgan fingerprint density at radius 2 is 1.85 bits per heavy atom. The molecule has 11 nitrogen and oxygen atoms in total. The van der Waals surface area contributed by atoms with Crippen LogP contribution in [-0.4, -0.2) is 95.2 Å². The number of carbonyl (C=O) groups excluding carboxylic acids is 1. The first kappa shape index (κ1) is 26.0. The topological polar surface area (TPSA) is 112 Å². The minimum Gasteiger partial charge on any atom is -0.435 e. The minimum atomic E-state index is -0.541. The van der Waals surface area contributed by atoms with Crippen molar-refractivity contribution >= 4 is 34.1 Å². The van der Waals surface area contributed by atoms with Crippen molar-refractivity contribution in [1.82, 2.24) is 29.7 Å². The zero-order valence-electron chi connectivity index (χ0n) is 22.5. The molecule has 0 aliphatic carbocycles. The molecule has 2 aliphatic rings. The molecule has 0 spiro atoms. The molecule has 0 atom stereocenters. The Labute approximate surface area is 230 Å². The number of aromatic amines is 1. The average molecular weight is 547 g/mol. The number of H-pyrrole nitrogens is 1. The van der Waals surface area contributed by atoms with Gasteiger partial charge in [-0.3, -0.25) is 4.79 Å². The Bertz CT molecular complexity index is 1510. The second-order valence-electron chi connectivity index (χ2n) is 10.0. The summed E-state index contributed by atoms with van der Waals surface area (Å²) in [6.45, 7) is 7.37. The fourth-order valence-corrected chi connectivity index (χ4v) is 4.96. The molecule has 3 aromatic heterocycles. The van der Waals surface area contributed by atoms with E-state index >= 15 is 4.39 Å². The second kappa shape index (κ2) is 11.1. The molecule has 40 heavy (non-hydrogen) atoms. The van der Waals surface area contributed by atoms with Gasteiger partial charge in [-0.05, 0) is 44.3 Å². The van der Waals surface area contributed by atoms with Crippen LogP contribution in [0, 0.1) is 12.7 Å². The van der Waals surface area contributed by atoms with Crippen LogP contribution in [-0.2, 0) is 4.74 Å². The molecule has 1 aromatic carbocycles. The highest BCUT2D eigenvalue weighted by Gasteiger charge is 2.28. The Kier molecular flexibility index (Phi) is 7.18. The number of ether oxygens (including phenoxy) is 2. The second-order valence-corrected chi connectivity index (χ2v) is 10.0. The number of nitrogens with one attached hydrogen (secondary N) is 2. The molecule has 5 heterocycles. The fourth-order valence-electron chi connectivity index (χ4n) is 4.96. The Balaban J connectivity index is 1.32. The van der Waals surface area contributed by atoms with Crippen LogP contribution in [0.1, 0.15) is 16.1 Å². The molecule has 0 saturated carbocycles. The third kappa shape index (κ3) is 5.27. The van der Waals surface area contributed by atoms with Gasteiger partial charge in [-0.1, -0.05) is 0 Å². The molecule has 12 heteroatoms. The number of amides is 1. The van der Waals surface area contributed by atoms with E-state index in [9.17, 15) is 4.79 Å². The standard InChI is InChI=1S/C28H31FN8O3/c1-18-15-20-21(33-18)4-5-22(25(20)29)40-27-24(28(38)37-11-13-39-14-12-37)26(31-17-32-27)34-23-6-3-19(16-30-23)36-9-7-35(2)8-10-36/h3-6,15-17,33H,7-14H2,1-2H3,(H,30,31,32,34). The van der Waals surface area contributed by atoms with Gasteiger partial charge in [-0.15, -0.1) is 0 Å². The van der Waals surface area contributed by atoms with Crippen molar-refractivity contribution in [3.8, 4) is 11.6 Å². The van der Waals surface area contributed by atoms with Crippen molar-refractivity contribution in [1.29, 1.82) is 0 Å². The van der Waals surface area contributed by atoms with Gasteiger partial charge < -0.3 is 34.5 Å². The van der Waals surface area contributed by atoms with Crippen molar-refractivity contribution in [2.75, 3.05) is 69.7 Å². The van der Waals surface area contributed by atoms with E-state index in [1.165, 1.54) is 12.4 Å². The van der Waals surface area contributed by atoms with Gasteiger partial charge in [-0.25, -0.2) is 19.3 Å². The van der Waals surface area contributed by atoms with Crippen LogP contribution in [0.3, 0.4) is 0 Å². The quantitative estimate of drug-likeness (QED) is 0.375. The number of likely N-dealkylation sites (N-methyl/N-ethyl adjacent to an activating group) is 1. The van der Waals surface area contributed by atoms with Crippen LogP contribution in [0.4, 0.5) is 21.7 Å². The maximum absolute atomic E-state index is 15.4. The number of pyridine rings is 1. The minimum absolute atomic E-state index is 0.0400. The summed E-state index contributed by atoms with van der Waals surface area (Å²) in [5.74, 6) is -0.236. The molecule has 2 saturated heterocycles. The lowest BCUT2D eigenvalue weighted by molar-refractivity contribution is 0.0301. The van der Waals surface area contributed by atoms with E-state index in [1.54, 1.807) is 23.2 Å². The molecule has 6 rings (SSSR count). The number of piperazine rings is 1. The Morgan fingerprint density at radius 1 is 1.05 bits per heavy atom. The third-order valence-corrected chi connectivity index (χ3v) is 7.23. The van der Waals surface area contributed by atoms with Crippen molar-refractivity contribution in [3.05, 3.63) is 59.9 Å². The van der Waals surface area contributed by atoms with E-state index in [4.69, 9.17) is 9.47 Å². The number of morpholine rings is 1. The van der Waals surface area contributed by atoms with Crippen LogP contribution in [0.25, 0.3) is 10.9 Å². The number of aryl methyl sites for hydroxylation is 1. The number of benzene rings is 1. The number of rotatable bonds is 6. The molecular weight excluding hydrogens is 515 g/mol. The first-order chi connectivity index (χ1) is 19.5. The highest BCUT2D eigenvalue weighted by Crippen LogP contribution is 2.34. The molecule has 0 radical (unpaired) electrons. The zero-order chi connectivity index (χ0) is 27.6. The maximum atomic E-state index is 15.4. The van der Waals surface area contributed by atoms with Crippen molar-refractivity contribution in [2.24, 2.45) is 0 Å². The number of aromatic nitrogens is 4. The number of hydrogen-bond donors (Lipinski definition) is 2.